The molecule has 0 heterocycles. The third-order valence-electron chi connectivity index (χ3n) is 1.04. The van der Waals surface area contributed by atoms with Gasteiger partial charge >= 0.3 is 0 Å². The van der Waals surface area contributed by atoms with Crippen molar-refractivity contribution >= 4 is 5.69 Å². The quantitative estimate of drug-likeness (QED) is 0.610. The molecule has 0 radical (unpaired) electrons. The summed E-state index contributed by atoms with van der Waals surface area (Å²) in [5.41, 5.74) is 5.40. The van der Waals surface area contributed by atoms with Gasteiger partial charge in [-0.2, -0.15) is 0 Å². The van der Waals surface area contributed by atoms with Crippen LogP contribution in [0.25, 0.3) is 0 Å². The summed E-state index contributed by atoms with van der Waals surface area (Å²) in [6.45, 7) is 0. The summed E-state index contributed by atoms with van der Waals surface area (Å²) in [6.07, 6.45) is 0. The van der Waals surface area contributed by atoms with Crippen molar-refractivity contribution < 1.29 is 13.9 Å². The van der Waals surface area contributed by atoms with E-state index in [0.717, 1.165) is 12.1 Å². The second kappa shape index (κ2) is 2.51. The first-order valence-electron chi connectivity index (χ1n) is 2.57. The molecule has 2 N–H and O–H groups in total. The molecule has 1 rings (SSSR count). The van der Waals surface area contributed by atoms with Crippen molar-refractivity contribution in [2.24, 2.45) is 0 Å². The molecule has 4 heteroatoms. The van der Waals surface area contributed by atoms with E-state index in [1.165, 1.54) is 6.07 Å². The van der Waals surface area contributed by atoms with Crippen LogP contribution in [0.5, 0.6) is 5.75 Å². The molecule has 0 unspecified atom stereocenters. The van der Waals surface area contributed by atoms with E-state index >= 15 is 0 Å². The van der Waals surface area contributed by atoms with Crippen LogP contribution in [0.1, 0.15) is 0 Å². The topological polar surface area (TPSA) is 35.2 Å². The lowest BCUT2D eigenvalue weighted by Gasteiger charge is -1.96. The van der Waals surface area contributed by atoms with Gasteiger partial charge in [0, 0.05) is 16.3 Å². The predicted molar refractivity (Wildman–Crippen MR) is 32.5 cm³/mol. The fourth-order valence-corrected chi connectivity index (χ4v) is 0.580. The van der Waals surface area contributed by atoms with Crippen molar-refractivity contribution in [2.45, 2.75) is 0 Å². The summed E-state index contributed by atoms with van der Waals surface area (Å²) in [6, 6.07) is 3.44. The average Bonchev–Trinajstić information content (AvgIpc) is 1.88. The zero-order valence-electron chi connectivity index (χ0n) is 4.97. The molecule has 0 aliphatic rings. The lowest BCUT2D eigenvalue weighted by atomic mass is 10.3. The first-order chi connectivity index (χ1) is 4.74. The van der Waals surface area contributed by atoms with Gasteiger partial charge in [-0.25, -0.2) is 4.39 Å². The first kappa shape index (κ1) is 6.80. The Morgan fingerprint density at radius 1 is 1.40 bits per heavy atom. The lowest BCUT2D eigenvalue weighted by molar-refractivity contribution is -0.0106. The van der Waals surface area contributed by atoms with E-state index in [-0.39, 0.29) is 5.69 Å². The van der Waals surface area contributed by atoms with E-state index in [1.807, 2.05) is 0 Å². The summed E-state index contributed by atoms with van der Waals surface area (Å²) in [4.78, 5) is 3.17. The normalized spacial score (nSPS) is 9.40. The minimum absolute atomic E-state index is 0.235. The molecule has 54 valence electrons. The number of halogens is 2. The molecule has 0 saturated carbocycles. The summed E-state index contributed by atoms with van der Waals surface area (Å²) >= 11 is 0. The molecule has 0 aliphatic carbocycles. The predicted octanol–water partition coefficient (Wildman–Crippen LogP) is 1.67. The number of rotatable bonds is 1. The highest BCUT2D eigenvalue weighted by atomic mass is 19.3. The van der Waals surface area contributed by atoms with Gasteiger partial charge in [-0.1, -0.05) is 0 Å². The fourth-order valence-electron chi connectivity index (χ4n) is 0.580. The van der Waals surface area contributed by atoms with Gasteiger partial charge in [0.15, 0.2) is 5.82 Å². The zero-order valence-corrected chi connectivity index (χ0v) is 4.97. The molecule has 1 aromatic carbocycles. The Kier molecular flexibility index (Phi) is 1.71. The van der Waals surface area contributed by atoms with E-state index in [0.29, 0.717) is 0 Å². The van der Waals surface area contributed by atoms with Crippen molar-refractivity contribution in [2.75, 3.05) is 5.73 Å². The number of hydrogen-bond acceptors (Lipinski definition) is 2. The van der Waals surface area contributed by atoms with Crippen LogP contribution in [0.2, 0.25) is 0 Å². The average molecular weight is 145 g/mol. The van der Waals surface area contributed by atoms with Crippen LogP contribution in [0.4, 0.5) is 14.6 Å². The maximum atomic E-state index is 12.4. The van der Waals surface area contributed by atoms with Gasteiger partial charge in [0.1, 0.15) is 0 Å². The SMILES string of the molecule is Nc1ccc(OF)c(F)c1. The standard InChI is InChI=1S/C6H5F2NO/c7-5-3-4(9)1-2-6(5)10-8/h1-3H,9H2. The number of nitrogens with two attached hydrogens (primary N) is 1. The number of hydrogen-bond donors (Lipinski definition) is 1. The Morgan fingerprint density at radius 3 is 2.60 bits per heavy atom. The number of anilines is 1. The third-order valence-corrected chi connectivity index (χ3v) is 1.04. The zero-order chi connectivity index (χ0) is 7.56. The number of benzene rings is 1. The van der Waals surface area contributed by atoms with Gasteiger partial charge < -0.3 is 5.73 Å². The molecule has 0 aromatic heterocycles. The summed E-state index contributed by atoms with van der Waals surface area (Å²) in [5.74, 6) is -1.25. The molecule has 0 bridgehead atoms. The van der Waals surface area contributed by atoms with Crippen LogP contribution in [0.3, 0.4) is 0 Å². The van der Waals surface area contributed by atoms with E-state index < -0.39 is 11.6 Å². The molecule has 0 fully saturated rings. The second-order valence-electron chi connectivity index (χ2n) is 1.77. The molecule has 0 spiro atoms. The Morgan fingerprint density at radius 2 is 2.10 bits per heavy atom. The first-order valence-corrected chi connectivity index (χ1v) is 2.57. The molecule has 1 aromatic rings. The van der Waals surface area contributed by atoms with Crippen LogP contribution >= 0.6 is 0 Å². The highest BCUT2D eigenvalue weighted by Crippen LogP contribution is 2.18. The molecule has 10 heavy (non-hydrogen) atoms. The molecular formula is C6H5F2NO. The van der Waals surface area contributed by atoms with Gasteiger partial charge in [-0.05, 0) is 12.1 Å². The largest absolute Gasteiger partial charge is 0.399 e. The molecule has 0 atom stereocenters. The minimum Gasteiger partial charge on any atom is -0.399 e. The molecular weight excluding hydrogens is 140 g/mol. The Bertz CT molecular complexity index is 239. The molecule has 0 saturated heterocycles. The van der Waals surface area contributed by atoms with Gasteiger partial charge in [-0.3, -0.25) is 4.94 Å². The van der Waals surface area contributed by atoms with Crippen LogP contribution in [-0.4, -0.2) is 0 Å². The summed E-state index contributed by atoms with van der Waals surface area (Å²) < 4.78 is 23.7. The van der Waals surface area contributed by atoms with Gasteiger partial charge in [-0.15, -0.1) is 0 Å². The fraction of sp³-hybridized carbons (Fsp3) is 0. The minimum atomic E-state index is -0.803. The third kappa shape index (κ3) is 1.15. The van der Waals surface area contributed by atoms with E-state index in [9.17, 15) is 8.92 Å². The Balaban J connectivity index is 3.07. The molecule has 0 aliphatic heterocycles. The van der Waals surface area contributed by atoms with Crippen molar-refractivity contribution in [1.29, 1.82) is 0 Å². The van der Waals surface area contributed by atoms with E-state index in [4.69, 9.17) is 5.73 Å². The van der Waals surface area contributed by atoms with Crippen molar-refractivity contribution in [1.82, 2.24) is 0 Å². The monoisotopic (exact) mass is 145 g/mol. The molecule has 2 nitrogen and oxygen atoms in total. The summed E-state index contributed by atoms with van der Waals surface area (Å²) in [5, 5.41) is 0. The van der Waals surface area contributed by atoms with Gasteiger partial charge in [0.2, 0.25) is 5.75 Å². The van der Waals surface area contributed by atoms with Crippen LogP contribution in [0, 0.1) is 5.82 Å². The smallest absolute Gasteiger partial charge is 0.207 e. The molecule has 0 amide bonds. The number of nitrogen functional groups attached to an aromatic ring is 1. The van der Waals surface area contributed by atoms with Crippen LogP contribution in [-0.2, 0) is 0 Å². The van der Waals surface area contributed by atoms with Gasteiger partial charge in [0.25, 0.3) is 0 Å². The Labute approximate surface area is 56.1 Å². The second-order valence-corrected chi connectivity index (χ2v) is 1.77. The highest BCUT2D eigenvalue weighted by Gasteiger charge is 2.02. The maximum absolute atomic E-state index is 12.4. The van der Waals surface area contributed by atoms with Crippen molar-refractivity contribution in [3.8, 4) is 5.75 Å². The maximum Gasteiger partial charge on any atom is 0.207 e. The summed E-state index contributed by atoms with van der Waals surface area (Å²) in [7, 11) is 0. The lowest BCUT2D eigenvalue weighted by Crippen LogP contribution is -1.88. The van der Waals surface area contributed by atoms with Crippen LogP contribution in [0.15, 0.2) is 18.2 Å². The Hall–Kier alpha value is -1.32. The van der Waals surface area contributed by atoms with E-state index in [2.05, 4.69) is 4.94 Å². The van der Waals surface area contributed by atoms with Gasteiger partial charge in [0.05, 0.1) is 0 Å². The van der Waals surface area contributed by atoms with Crippen molar-refractivity contribution in [3.63, 3.8) is 0 Å². The van der Waals surface area contributed by atoms with Crippen LogP contribution < -0.4 is 10.7 Å². The van der Waals surface area contributed by atoms with E-state index in [1.54, 1.807) is 0 Å². The van der Waals surface area contributed by atoms with Crippen molar-refractivity contribution in [3.05, 3.63) is 24.0 Å². The highest BCUT2D eigenvalue weighted by molar-refractivity contribution is 5.42.